The van der Waals surface area contributed by atoms with Gasteiger partial charge in [-0.3, -0.25) is 4.99 Å². The smallest absolute Gasteiger partial charge is 0.374 e. The van der Waals surface area contributed by atoms with Crippen molar-refractivity contribution in [3.63, 3.8) is 0 Å². The SMILES string of the molecule is FC(F)(F)c1ccc(C2CN=C(NCCCN3CCCCC3)C2)cc1. The van der Waals surface area contributed by atoms with E-state index in [1.807, 2.05) is 0 Å². The number of benzene rings is 1. The van der Waals surface area contributed by atoms with E-state index in [-0.39, 0.29) is 5.92 Å². The summed E-state index contributed by atoms with van der Waals surface area (Å²) in [4.78, 5) is 7.04. The molecule has 138 valence electrons. The Bertz CT molecular complexity index is 575. The van der Waals surface area contributed by atoms with Crippen LogP contribution in [0.25, 0.3) is 0 Å². The summed E-state index contributed by atoms with van der Waals surface area (Å²) in [7, 11) is 0. The molecule has 0 amide bonds. The lowest BCUT2D eigenvalue weighted by Crippen LogP contribution is -2.33. The first-order valence-electron chi connectivity index (χ1n) is 9.19. The fourth-order valence-corrected chi connectivity index (χ4v) is 3.60. The van der Waals surface area contributed by atoms with Crippen molar-refractivity contribution in [1.29, 1.82) is 0 Å². The molecule has 1 saturated heterocycles. The van der Waals surface area contributed by atoms with E-state index in [2.05, 4.69) is 15.2 Å². The molecular weight excluding hydrogens is 327 g/mol. The molecule has 0 aromatic heterocycles. The van der Waals surface area contributed by atoms with Crippen LogP contribution in [-0.4, -0.2) is 43.5 Å². The summed E-state index contributed by atoms with van der Waals surface area (Å²) >= 11 is 0. The molecule has 2 aliphatic rings. The summed E-state index contributed by atoms with van der Waals surface area (Å²) in [5.74, 6) is 1.18. The van der Waals surface area contributed by atoms with Crippen LogP contribution in [0.15, 0.2) is 29.3 Å². The third-order valence-corrected chi connectivity index (χ3v) is 5.08. The fourth-order valence-electron chi connectivity index (χ4n) is 3.60. The zero-order valence-electron chi connectivity index (χ0n) is 14.5. The maximum Gasteiger partial charge on any atom is 0.416 e. The Morgan fingerprint density at radius 1 is 1.08 bits per heavy atom. The number of amidine groups is 1. The largest absolute Gasteiger partial charge is 0.416 e. The number of rotatable bonds is 5. The molecule has 3 rings (SSSR count). The fraction of sp³-hybridized carbons (Fsp3) is 0.632. The van der Waals surface area contributed by atoms with Gasteiger partial charge in [0.2, 0.25) is 0 Å². The molecule has 1 aromatic rings. The van der Waals surface area contributed by atoms with Gasteiger partial charge in [0.1, 0.15) is 0 Å². The Morgan fingerprint density at radius 3 is 2.48 bits per heavy atom. The monoisotopic (exact) mass is 353 g/mol. The van der Waals surface area contributed by atoms with Crippen molar-refractivity contribution >= 4 is 5.84 Å². The van der Waals surface area contributed by atoms with Crippen LogP contribution in [-0.2, 0) is 6.18 Å². The third-order valence-electron chi connectivity index (χ3n) is 5.08. The first kappa shape index (κ1) is 18.2. The topological polar surface area (TPSA) is 27.6 Å². The minimum Gasteiger partial charge on any atom is -0.374 e. The molecule has 1 aromatic carbocycles. The van der Waals surface area contributed by atoms with Crippen LogP contribution in [0.2, 0.25) is 0 Å². The summed E-state index contributed by atoms with van der Waals surface area (Å²) in [6, 6.07) is 5.50. The molecule has 1 fully saturated rings. The quantitative estimate of drug-likeness (QED) is 0.809. The predicted octanol–water partition coefficient (Wildman–Crippen LogP) is 4.06. The van der Waals surface area contributed by atoms with E-state index in [0.717, 1.165) is 37.3 Å². The average molecular weight is 353 g/mol. The van der Waals surface area contributed by atoms with Gasteiger partial charge in [0, 0.05) is 25.4 Å². The molecule has 2 aliphatic heterocycles. The van der Waals surface area contributed by atoms with Gasteiger partial charge in [-0.2, -0.15) is 13.2 Å². The number of likely N-dealkylation sites (tertiary alicyclic amines) is 1. The lowest BCUT2D eigenvalue weighted by molar-refractivity contribution is -0.137. The zero-order valence-corrected chi connectivity index (χ0v) is 14.5. The van der Waals surface area contributed by atoms with Crippen molar-refractivity contribution < 1.29 is 13.2 Å². The van der Waals surface area contributed by atoms with Gasteiger partial charge in [-0.15, -0.1) is 0 Å². The first-order valence-corrected chi connectivity index (χ1v) is 9.19. The highest BCUT2D eigenvalue weighted by atomic mass is 19.4. The molecule has 2 heterocycles. The van der Waals surface area contributed by atoms with Crippen LogP contribution in [0, 0.1) is 0 Å². The van der Waals surface area contributed by atoms with Crippen molar-refractivity contribution in [2.24, 2.45) is 4.99 Å². The first-order chi connectivity index (χ1) is 12.0. The van der Waals surface area contributed by atoms with E-state index in [1.165, 1.54) is 44.5 Å². The Morgan fingerprint density at radius 2 is 1.80 bits per heavy atom. The number of hydrogen-bond donors (Lipinski definition) is 1. The maximum atomic E-state index is 12.6. The van der Waals surface area contributed by atoms with E-state index in [4.69, 9.17) is 0 Å². The van der Waals surface area contributed by atoms with E-state index in [9.17, 15) is 13.2 Å². The molecule has 0 spiro atoms. The summed E-state index contributed by atoms with van der Waals surface area (Å²) in [5, 5.41) is 3.40. The van der Waals surface area contributed by atoms with Crippen LogP contribution in [0.1, 0.15) is 49.1 Å². The Balaban J connectivity index is 1.39. The second kappa shape index (κ2) is 8.21. The number of aliphatic imine (C=N–C) groups is 1. The molecule has 1 unspecified atom stereocenters. The van der Waals surface area contributed by atoms with Gasteiger partial charge in [0.15, 0.2) is 0 Å². The van der Waals surface area contributed by atoms with Crippen molar-refractivity contribution in [2.75, 3.05) is 32.7 Å². The average Bonchev–Trinajstić information content (AvgIpc) is 3.08. The Hall–Kier alpha value is -1.56. The van der Waals surface area contributed by atoms with Crippen molar-refractivity contribution in [3.05, 3.63) is 35.4 Å². The number of halogens is 3. The minimum atomic E-state index is -4.27. The van der Waals surface area contributed by atoms with E-state index in [0.29, 0.717) is 6.54 Å². The molecule has 1 N–H and O–H groups in total. The summed E-state index contributed by atoms with van der Waals surface area (Å²) in [5.41, 5.74) is 0.341. The molecule has 0 radical (unpaired) electrons. The molecule has 0 saturated carbocycles. The van der Waals surface area contributed by atoms with Gasteiger partial charge in [-0.05, 0) is 56.6 Å². The third kappa shape index (κ3) is 5.21. The van der Waals surface area contributed by atoms with Gasteiger partial charge in [0.25, 0.3) is 0 Å². The van der Waals surface area contributed by atoms with Gasteiger partial charge in [-0.25, -0.2) is 0 Å². The number of nitrogens with one attached hydrogen (secondary N) is 1. The van der Waals surface area contributed by atoms with Gasteiger partial charge < -0.3 is 10.2 Å². The van der Waals surface area contributed by atoms with Gasteiger partial charge in [-0.1, -0.05) is 18.6 Å². The van der Waals surface area contributed by atoms with Crippen LogP contribution in [0.3, 0.4) is 0 Å². The molecule has 0 aliphatic carbocycles. The molecule has 6 heteroatoms. The van der Waals surface area contributed by atoms with Gasteiger partial charge in [0.05, 0.1) is 11.4 Å². The Labute approximate surface area is 147 Å². The molecule has 3 nitrogen and oxygen atoms in total. The van der Waals surface area contributed by atoms with Crippen molar-refractivity contribution in [1.82, 2.24) is 10.2 Å². The molecule has 1 atom stereocenters. The molecule has 0 bridgehead atoms. The lowest BCUT2D eigenvalue weighted by atomic mass is 9.96. The normalized spacial score (nSPS) is 22.0. The predicted molar refractivity (Wildman–Crippen MR) is 94.0 cm³/mol. The highest BCUT2D eigenvalue weighted by Crippen LogP contribution is 2.31. The lowest BCUT2D eigenvalue weighted by Gasteiger charge is -2.26. The van der Waals surface area contributed by atoms with E-state index >= 15 is 0 Å². The number of piperidine rings is 1. The summed E-state index contributed by atoms with van der Waals surface area (Å²) < 4.78 is 37.9. The van der Waals surface area contributed by atoms with E-state index in [1.54, 1.807) is 12.1 Å². The number of hydrogen-bond acceptors (Lipinski definition) is 3. The second-order valence-electron chi connectivity index (χ2n) is 6.99. The molecule has 25 heavy (non-hydrogen) atoms. The van der Waals surface area contributed by atoms with Crippen LogP contribution in [0.5, 0.6) is 0 Å². The van der Waals surface area contributed by atoms with Crippen LogP contribution in [0.4, 0.5) is 13.2 Å². The summed E-state index contributed by atoms with van der Waals surface area (Å²) in [6.07, 6.45) is 1.60. The standard InChI is InChI=1S/C19H26F3N3/c20-19(21,22)17-7-5-15(6-8-17)16-13-18(24-14-16)23-9-4-12-25-10-2-1-3-11-25/h5-8,16H,1-4,9-14H2,(H,23,24). The van der Waals surface area contributed by atoms with E-state index < -0.39 is 11.7 Å². The number of nitrogens with zero attached hydrogens (tertiary/aromatic N) is 2. The highest BCUT2D eigenvalue weighted by molar-refractivity contribution is 5.84. The Kier molecular flexibility index (Phi) is 5.99. The van der Waals surface area contributed by atoms with Crippen LogP contribution < -0.4 is 5.32 Å². The van der Waals surface area contributed by atoms with Crippen molar-refractivity contribution in [3.8, 4) is 0 Å². The summed E-state index contributed by atoms with van der Waals surface area (Å²) in [6.45, 7) is 5.13. The van der Waals surface area contributed by atoms with Crippen LogP contribution >= 0.6 is 0 Å². The second-order valence-corrected chi connectivity index (χ2v) is 6.99. The molecular formula is C19H26F3N3. The zero-order chi connectivity index (χ0) is 17.7. The minimum absolute atomic E-state index is 0.187. The maximum absolute atomic E-state index is 12.6. The number of alkyl halides is 3. The van der Waals surface area contributed by atoms with Crippen molar-refractivity contribution in [2.45, 2.75) is 44.2 Å². The van der Waals surface area contributed by atoms with Gasteiger partial charge >= 0.3 is 6.18 Å². The highest BCUT2D eigenvalue weighted by Gasteiger charge is 2.30.